The Bertz CT molecular complexity index is 497. The zero-order chi connectivity index (χ0) is 13.9. The summed E-state index contributed by atoms with van der Waals surface area (Å²) in [4.78, 5) is 0. The van der Waals surface area contributed by atoms with Crippen molar-refractivity contribution in [1.82, 2.24) is 0 Å². The van der Waals surface area contributed by atoms with Crippen molar-refractivity contribution in [3.8, 4) is 6.07 Å². The van der Waals surface area contributed by atoms with E-state index in [1.807, 2.05) is 6.07 Å². The van der Waals surface area contributed by atoms with Crippen molar-refractivity contribution < 1.29 is 4.74 Å². The van der Waals surface area contributed by atoms with Crippen molar-refractivity contribution >= 4 is 17.3 Å². The van der Waals surface area contributed by atoms with E-state index >= 15 is 0 Å². The number of anilines is 1. The fourth-order valence-electron chi connectivity index (χ4n) is 2.45. The van der Waals surface area contributed by atoms with Crippen molar-refractivity contribution in [3.63, 3.8) is 0 Å². The van der Waals surface area contributed by atoms with Gasteiger partial charge in [-0.3, -0.25) is 0 Å². The van der Waals surface area contributed by atoms with Crippen molar-refractivity contribution in [2.24, 2.45) is 0 Å². The van der Waals surface area contributed by atoms with Gasteiger partial charge in [-0.05, 0) is 44.4 Å². The van der Waals surface area contributed by atoms with Gasteiger partial charge < -0.3 is 10.1 Å². The number of ether oxygens (including phenoxy) is 1. The predicted octanol–water partition coefficient (Wildman–Crippen LogP) is 3.97. The molecule has 4 heteroatoms. The average Bonchev–Trinajstić information content (AvgIpc) is 2.39. The van der Waals surface area contributed by atoms with Crippen LogP contribution in [-0.2, 0) is 4.74 Å². The van der Waals surface area contributed by atoms with Gasteiger partial charge in [0.2, 0.25) is 0 Å². The summed E-state index contributed by atoms with van der Waals surface area (Å²) in [7, 11) is 0. The van der Waals surface area contributed by atoms with Crippen LogP contribution in [0.1, 0.15) is 38.7 Å². The molecule has 1 N–H and O–H groups in total. The van der Waals surface area contributed by atoms with E-state index in [1.54, 1.807) is 12.1 Å². The number of nitriles is 1. The molecule has 0 aliphatic carbocycles. The summed E-state index contributed by atoms with van der Waals surface area (Å²) in [6, 6.07) is 7.83. The Morgan fingerprint density at radius 1 is 1.58 bits per heavy atom. The van der Waals surface area contributed by atoms with Crippen LogP contribution in [0.2, 0.25) is 5.02 Å². The molecule has 1 aliphatic rings. The minimum atomic E-state index is -0.0682. The highest BCUT2D eigenvalue weighted by atomic mass is 35.5. The Hall–Kier alpha value is -1.24. The van der Waals surface area contributed by atoms with Crippen LogP contribution in [0, 0.1) is 11.3 Å². The first-order valence-electron chi connectivity index (χ1n) is 6.66. The molecule has 1 heterocycles. The lowest BCUT2D eigenvalue weighted by molar-refractivity contribution is -0.0708. The first kappa shape index (κ1) is 14.2. The van der Waals surface area contributed by atoms with Crippen LogP contribution in [0.25, 0.3) is 0 Å². The van der Waals surface area contributed by atoms with Gasteiger partial charge in [0.15, 0.2) is 0 Å². The molecule has 2 atom stereocenters. The molecule has 0 radical (unpaired) electrons. The van der Waals surface area contributed by atoms with Gasteiger partial charge in [0.1, 0.15) is 6.07 Å². The lowest BCUT2D eigenvalue weighted by Gasteiger charge is -2.38. The SMILES string of the molecule is CCC1(C)CC(Nc2cc(Cl)ccc2C#N)CCO1. The molecule has 1 saturated heterocycles. The molecule has 1 aromatic carbocycles. The summed E-state index contributed by atoms with van der Waals surface area (Å²) in [5.41, 5.74) is 1.39. The fraction of sp³-hybridized carbons (Fsp3) is 0.533. The first-order valence-corrected chi connectivity index (χ1v) is 7.04. The van der Waals surface area contributed by atoms with Gasteiger partial charge in [-0.1, -0.05) is 18.5 Å². The molecule has 3 nitrogen and oxygen atoms in total. The smallest absolute Gasteiger partial charge is 0.101 e. The van der Waals surface area contributed by atoms with Gasteiger partial charge in [0.25, 0.3) is 0 Å². The van der Waals surface area contributed by atoms with Gasteiger partial charge in [-0.15, -0.1) is 0 Å². The fourth-order valence-corrected chi connectivity index (χ4v) is 2.62. The van der Waals surface area contributed by atoms with E-state index in [9.17, 15) is 0 Å². The molecule has 0 saturated carbocycles. The minimum Gasteiger partial charge on any atom is -0.381 e. The Balaban J connectivity index is 2.13. The highest BCUT2D eigenvalue weighted by Gasteiger charge is 2.31. The van der Waals surface area contributed by atoms with Crippen LogP contribution in [0.5, 0.6) is 0 Å². The van der Waals surface area contributed by atoms with Gasteiger partial charge in [-0.25, -0.2) is 0 Å². The molecule has 0 bridgehead atoms. The van der Waals surface area contributed by atoms with E-state index in [1.165, 1.54) is 0 Å². The monoisotopic (exact) mass is 278 g/mol. The zero-order valence-corrected chi connectivity index (χ0v) is 12.1. The summed E-state index contributed by atoms with van der Waals surface area (Å²) in [6.45, 7) is 5.04. The third-order valence-electron chi connectivity index (χ3n) is 3.80. The van der Waals surface area contributed by atoms with Crippen molar-refractivity contribution in [3.05, 3.63) is 28.8 Å². The van der Waals surface area contributed by atoms with E-state index in [0.29, 0.717) is 16.6 Å². The Morgan fingerprint density at radius 3 is 3.05 bits per heavy atom. The maximum atomic E-state index is 9.13. The van der Waals surface area contributed by atoms with Crippen LogP contribution >= 0.6 is 11.6 Å². The summed E-state index contributed by atoms with van der Waals surface area (Å²) >= 11 is 6.00. The molecule has 1 aromatic rings. The molecule has 1 fully saturated rings. The van der Waals surface area contributed by atoms with E-state index in [2.05, 4.69) is 25.2 Å². The lowest BCUT2D eigenvalue weighted by atomic mass is 9.89. The molecule has 0 spiro atoms. The summed E-state index contributed by atoms with van der Waals surface area (Å²) in [5.74, 6) is 0. The van der Waals surface area contributed by atoms with Crippen LogP contribution < -0.4 is 5.32 Å². The highest BCUT2D eigenvalue weighted by Crippen LogP contribution is 2.30. The second-order valence-corrected chi connectivity index (χ2v) is 5.72. The quantitative estimate of drug-likeness (QED) is 0.910. The third-order valence-corrected chi connectivity index (χ3v) is 4.04. The number of benzene rings is 1. The van der Waals surface area contributed by atoms with Crippen LogP contribution in [0.4, 0.5) is 5.69 Å². The summed E-state index contributed by atoms with van der Waals surface area (Å²) in [5, 5.41) is 13.2. The van der Waals surface area contributed by atoms with E-state index < -0.39 is 0 Å². The number of hydrogen-bond acceptors (Lipinski definition) is 3. The maximum Gasteiger partial charge on any atom is 0.101 e. The van der Waals surface area contributed by atoms with Crippen LogP contribution in [-0.4, -0.2) is 18.2 Å². The first-order chi connectivity index (χ1) is 9.06. The molecule has 19 heavy (non-hydrogen) atoms. The number of nitrogens with one attached hydrogen (secondary N) is 1. The standard InChI is InChI=1S/C15H19ClN2O/c1-3-15(2)9-13(6-7-19-15)18-14-8-12(16)5-4-11(14)10-17/h4-5,8,13,18H,3,6-7,9H2,1-2H3. The summed E-state index contributed by atoms with van der Waals surface area (Å²) < 4.78 is 5.83. The molecule has 2 unspecified atom stereocenters. The zero-order valence-electron chi connectivity index (χ0n) is 11.4. The largest absolute Gasteiger partial charge is 0.381 e. The highest BCUT2D eigenvalue weighted by molar-refractivity contribution is 6.30. The summed E-state index contributed by atoms with van der Waals surface area (Å²) in [6.07, 6.45) is 2.89. The second-order valence-electron chi connectivity index (χ2n) is 5.29. The molecule has 2 rings (SSSR count). The topological polar surface area (TPSA) is 45.0 Å². The van der Waals surface area contributed by atoms with Gasteiger partial charge in [0, 0.05) is 17.7 Å². The molecule has 0 aromatic heterocycles. The Morgan fingerprint density at radius 2 is 2.37 bits per heavy atom. The molecule has 1 aliphatic heterocycles. The molecular formula is C15H19ClN2O. The van der Waals surface area contributed by atoms with E-state index in [4.69, 9.17) is 21.6 Å². The van der Waals surface area contributed by atoms with Crippen molar-refractivity contribution in [1.29, 1.82) is 5.26 Å². The van der Waals surface area contributed by atoms with Gasteiger partial charge in [-0.2, -0.15) is 5.26 Å². The van der Waals surface area contributed by atoms with Crippen molar-refractivity contribution in [2.45, 2.75) is 44.8 Å². The Kier molecular flexibility index (Phi) is 4.34. The number of halogens is 1. The predicted molar refractivity (Wildman–Crippen MR) is 77.5 cm³/mol. The maximum absolute atomic E-state index is 9.13. The van der Waals surface area contributed by atoms with Gasteiger partial charge >= 0.3 is 0 Å². The Labute approximate surface area is 119 Å². The third kappa shape index (κ3) is 3.40. The molecule has 0 amide bonds. The molecule has 102 valence electrons. The van der Waals surface area contributed by atoms with Gasteiger partial charge in [0.05, 0.1) is 16.9 Å². The number of rotatable bonds is 3. The second kappa shape index (κ2) is 5.81. The van der Waals surface area contributed by atoms with Crippen molar-refractivity contribution in [2.75, 3.05) is 11.9 Å². The van der Waals surface area contributed by atoms with Crippen LogP contribution in [0.3, 0.4) is 0 Å². The van der Waals surface area contributed by atoms with E-state index in [-0.39, 0.29) is 5.60 Å². The minimum absolute atomic E-state index is 0.0682. The number of nitrogens with zero attached hydrogens (tertiary/aromatic N) is 1. The average molecular weight is 279 g/mol. The van der Waals surface area contributed by atoms with Crippen LogP contribution in [0.15, 0.2) is 18.2 Å². The molecular weight excluding hydrogens is 260 g/mol. The lowest BCUT2D eigenvalue weighted by Crippen LogP contribution is -2.41. The van der Waals surface area contributed by atoms with E-state index in [0.717, 1.165) is 31.6 Å². The normalized spacial score (nSPS) is 26.7. The number of hydrogen-bond donors (Lipinski definition) is 1.